The van der Waals surface area contributed by atoms with Crippen molar-refractivity contribution in [3.05, 3.63) is 118 Å². The first-order chi connectivity index (χ1) is 25.1. The summed E-state index contributed by atoms with van der Waals surface area (Å²) in [4.78, 5) is 73.9. The molecule has 0 radical (unpaired) electrons. The molecule has 1 atom stereocenters. The van der Waals surface area contributed by atoms with Crippen molar-refractivity contribution in [2.24, 2.45) is 0 Å². The van der Waals surface area contributed by atoms with Crippen LogP contribution in [0.1, 0.15) is 67.3 Å². The minimum Gasteiger partial charge on any atom is -0.464 e. The summed E-state index contributed by atoms with van der Waals surface area (Å²) < 4.78 is 50.6. The van der Waals surface area contributed by atoms with E-state index in [0.717, 1.165) is 12.1 Å². The lowest BCUT2D eigenvalue weighted by Gasteiger charge is -2.34. The molecule has 2 heterocycles. The number of alkyl halides is 3. The van der Waals surface area contributed by atoms with Crippen LogP contribution in [0.25, 0.3) is 11.1 Å². The molecule has 0 spiro atoms. The van der Waals surface area contributed by atoms with Crippen LogP contribution < -0.4 is 5.32 Å². The summed E-state index contributed by atoms with van der Waals surface area (Å²) >= 11 is 0. The molecule has 4 aromatic rings. The van der Waals surface area contributed by atoms with Crippen molar-refractivity contribution in [2.45, 2.75) is 38.9 Å². The predicted octanol–water partition coefficient (Wildman–Crippen LogP) is 6.05. The van der Waals surface area contributed by atoms with Crippen LogP contribution in [-0.2, 0) is 37.2 Å². The number of amides is 3. The average molecular weight is 731 g/mol. The van der Waals surface area contributed by atoms with E-state index in [1.165, 1.54) is 72.6 Å². The molecular weight excluding hydrogens is 693 g/mol. The van der Waals surface area contributed by atoms with Gasteiger partial charge in [-0.05, 0) is 85.5 Å². The number of halogens is 3. The number of carbonyl (C=O) groups excluding carboxylic acids is 5. The number of nitrogens with one attached hydrogen (secondary N) is 1. The number of carbonyl (C=O) groups is 5. The zero-order valence-electron chi connectivity index (χ0n) is 29.7. The van der Waals surface area contributed by atoms with Gasteiger partial charge in [0.1, 0.15) is 6.61 Å². The Hall–Kier alpha value is -6.05. The van der Waals surface area contributed by atoms with Gasteiger partial charge in [0.05, 0.1) is 41.1 Å². The molecule has 1 aromatic heterocycles. The summed E-state index contributed by atoms with van der Waals surface area (Å²) in [5, 5.41) is 2.75. The number of benzene rings is 3. The summed E-state index contributed by atoms with van der Waals surface area (Å²) in [6.45, 7) is 4.56. The molecule has 0 bridgehead atoms. The van der Waals surface area contributed by atoms with Gasteiger partial charge in [0.2, 0.25) is 5.54 Å². The molecule has 3 amide bonds. The molecule has 1 unspecified atom stereocenters. The number of rotatable bonds is 11. The molecule has 1 aliphatic heterocycles. The Bertz CT molecular complexity index is 2080. The number of pyridine rings is 1. The molecule has 276 valence electrons. The highest BCUT2D eigenvalue weighted by Crippen LogP contribution is 2.39. The fraction of sp³-hybridized carbons (Fsp3) is 0.282. The predicted molar refractivity (Wildman–Crippen MR) is 188 cm³/mol. The van der Waals surface area contributed by atoms with Crippen molar-refractivity contribution < 1.29 is 46.6 Å². The van der Waals surface area contributed by atoms with Crippen LogP contribution in [-0.4, -0.2) is 78.3 Å². The molecule has 53 heavy (non-hydrogen) atoms. The van der Waals surface area contributed by atoms with E-state index in [9.17, 15) is 37.1 Å². The second-order valence-corrected chi connectivity index (χ2v) is 12.5. The number of ether oxygens (including phenoxy) is 2. The maximum Gasteiger partial charge on any atom is 0.416 e. The van der Waals surface area contributed by atoms with Crippen LogP contribution in [0.4, 0.5) is 18.9 Å². The molecule has 0 saturated heterocycles. The van der Waals surface area contributed by atoms with Crippen molar-refractivity contribution in [1.29, 1.82) is 0 Å². The summed E-state index contributed by atoms with van der Waals surface area (Å²) in [5.74, 6) is -3.14. The molecular formula is C39H37F3N4O7. The third-order valence-electron chi connectivity index (χ3n) is 8.84. The molecule has 0 saturated carbocycles. The van der Waals surface area contributed by atoms with E-state index in [1.807, 2.05) is 0 Å². The highest BCUT2D eigenvalue weighted by molar-refractivity contribution is 6.12. The maximum atomic E-state index is 13.7. The van der Waals surface area contributed by atoms with Gasteiger partial charge in [-0.1, -0.05) is 30.3 Å². The van der Waals surface area contributed by atoms with E-state index in [2.05, 4.69) is 10.3 Å². The van der Waals surface area contributed by atoms with Gasteiger partial charge < -0.3 is 24.6 Å². The summed E-state index contributed by atoms with van der Waals surface area (Å²) in [6, 6.07) is 16.9. The van der Waals surface area contributed by atoms with Crippen LogP contribution in [0.2, 0.25) is 0 Å². The number of esters is 2. The number of hydrogen-bond acceptors (Lipinski definition) is 8. The zero-order chi connectivity index (χ0) is 38.7. The van der Waals surface area contributed by atoms with Crippen molar-refractivity contribution in [3.63, 3.8) is 0 Å². The van der Waals surface area contributed by atoms with Crippen molar-refractivity contribution >= 4 is 35.3 Å². The minimum atomic E-state index is -4.52. The van der Waals surface area contributed by atoms with Crippen molar-refractivity contribution in [2.75, 3.05) is 39.2 Å². The average Bonchev–Trinajstić information content (AvgIpc) is 3.38. The largest absolute Gasteiger partial charge is 0.464 e. The number of likely N-dealkylation sites (N-methyl/N-ethyl adjacent to an activating group) is 1. The van der Waals surface area contributed by atoms with Crippen LogP contribution in [0.15, 0.2) is 79.0 Å². The van der Waals surface area contributed by atoms with Crippen molar-refractivity contribution in [1.82, 2.24) is 14.8 Å². The van der Waals surface area contributed by atoms with E-state index in [1.54, 1.807) is 39.0 Å². The summed E-state index contributed by atoms with van der Waals surface area (Å²) in [5.41, 5.74) is -0.171. The first-order valence-electron chi connectivity index (χ1n) is 16.7. The third kappa shape index (κ3) is 7.48. The van der Waals surface area contributed by atoms with Gasteiger partial charge in [0.15, 0.2) is 0 Å². The minimum absolute atomic E-state index is 0.00819. The number of hydrogen-bond donors (Lipinski definition) is 1. The van der Waals surface area contributed by atoms with E-state index < -0.39 is 53.5 Å². The highest BCUT2D eigenvalue weighted by atomic mass is 19.4. The lowest BCUT2D eigenvalue weighted by Crippen LogP contribution is -2.54. The number of nitrogens with zero attached hydrogens (tertiary/aromatic N) is 3. The third-order valence-corrected chi connectivity index (χ3v) is 8.84. The van der Waals surface area contributed by atoms with E-state index in [0.29, 0.717) is 22.3 Å². The van der Waals surface area contributed by atoms with Crippen LogP contribution in [0.3, 0.4) is 0 Å². The van der Waals surface area contributed by atoms with Crippen molar-refractivity contribution in [3.8, 4) is 11.1 Å². The standard InChI is InChI=1S/C39H37F3N4O7/c1-6-46-36(50)28-12-9-19-43-33(28)38(46,37(51)52-7-2)22-53-31(47)21-24-13-18-30(29(20-24)35(49)45(4)5)44-34(48)27-11-8-10-23(3)32(27)25-14-16-26(17-15-25)39(40,41)42/h8-20H,6-7,21-22H2,1-5H3,(H,44,48). The summed E-state index contributed by atoms with van der Waals surface area (Å²) in [6.07, 6.45) is -3.44. The molecule has 3 aromatic carbocycles. The Morgan fingerprint density at radius 3 is 2.28 bits per heavy atom. The molecule has 0 fully saturated rings. The number of fused-ring (bicyclic) bond motifs is 1. The number of anilines is 1. The van der Waals surface area contributed by atoms with Gasteiger partial charge in [-0.25, -0.2) is 4.79 Å². The Balaban J connectivity index is 1.40. The summed E-state index contributed by atoms with van der Waals surface area (Å²) in [7, 11) is 3.03. The maximum absolute atomic E-state index is 13.7. The SMILES string of the molecule is CCOC(=O)C1(COC(=O)Cc2ccc(NC(=O)c3cccc(C)c3-c3ccc(C(F)(F)F)cc3)c(C(=O)N(C)C)c2)c2ncccc2C(=O)N1CC. The van der Waals surface area contributed by atoms with Crippen LogP contribution >= 0.6 is 0 Å². The Kier molecular flexibility index (Phi) is 11.0. The van der Waals surface area contributed by atoms with Crippen LogP contribution in [0, 0.1) is 6.92 Å². The topological polar surface area (TPSA) is 135 Å². The monoisotopic (exact) mass is 730 g/mol. The molecule has 14 heteroatoms. The zero-order valence-corrected chi connectivity index (χ0v) is 29.7. The van der Waals surface area contributed by atoms with Gasteiger partial charge in [-0.15, -0.1) is 0 Å². The Labute approximate surface area is 303 Å². The van der Waals surface area contributed by atoms with E-state index >= 15 is 0 Å². The van der Waals surface area contributed by atoms with E-state index in [-0.39, 0.29) is 47.6 Å². The second-order valence-electron chi connectivity index (χ2n) is 12.5. The smallest absolute Gasteiger partial charge is 0.416 e. The van der Waals surface area contributed by atoms with E-state index in [4.69, 9.17) is 9.47 Å². The van der Waals surface area contributed by atoms with Gasteiger partial charge >= 0.3 is 18.1 Å². The highest BCUT2D eigenvalue weighted by Gasteiger charge is 2.58. The second kappa shape index (κ2) is 15.3. The molecule has 1 N–H and O–H groups in total. The molecule has 0 aliphatic carbocycles. The van der Waals surface area contributed by atoms with Gasteiger partial charge in [0.25, 0.3) is 17.7 Å². The lowest BCUT2D eigenvalue weighted by molar-refractivity contribution is -0.165. The quantitative estimate of drug-likeness (QED) is 0.185. The fourth-order valence-electron chi connectivity index (χ4n) is 6.32. The number of aromatic nitrogens is 1. The Morgan fingerprint density at radius 2 is 1.64 bits per heavy atom. The first-order valence-corrected chi connectivity index (χ1v) is 16.7. The fourth-order valence-corrected chi connectivity index (χ4v) is 6.32. The molecule has 5 rings (SSSR count). The normalized spacial score (nSPS) is 15.1. The lowest BCUT2D eigenvalue weighted by atomic mass is 9.93. The first kappa shape index (κ1) is 38.2. The van der Waals surface area contributed by atoms with Gasteiger partial charge in [-0.2, -0.15) is 13.2 Å². The Morgan fingerprint density at radius 1 is 0.925 bits per heavy atom. The van der Waals surface area contributed by atoms with Gasteiger partial charge in [-0.3, -0.25) is 24.2 Å². The molecule has 11 nitrogen and oxygen atoms in total. The van der Waals surface area contributed by atoms with Gasteiger partial charge in [0, 0.05) is 32.4 Å². The molecule has 1 aliphatic rings. The number of aryl methyl sites for hydroxylation is 1. The van der Waals surface area contributed by atoms with Crippen LogP contribution in [0.5, 0.6) is 0 Å².